The Hall–Kier alpha value is -2.27. The Morgan fingerprint density at radius 2 is 2.40 bits per heavy atom. The third kappa shape index (κ3) is 2.85. The van der Waals surface area contributed by atoms with Crippen LogP contribution in [0.5, 0.6) is 0 Å². The van der Waals surface area contributed by atoms with Crippen LogP contribution in [0.4, 0.5) is 5.69 Å². The third-order valence-corrected chi connectivity index (χ3v) is 1.88. The molecule has 0 saturated carbocycles. The standard InChI is InChI=1S/C8H9N5O2/c1-6(10-12-11-9)7-3-2-4-8(5-7)13(14)15/h2-6,10H,1H3. The highest BCUT2D eigenvalue weighted by Gasteiger charge is 2.11. The average Bonchev–Trinajstić information content (AvgIpc) is 2.26. The van der Waals surface area contributed by atoms with Gasteiger partial charge in [0.1, 0.15) is 6.04 Å². The molecule has 0 fully saturated rings. The number of azide groups is 1. The van der Waals surface area contributed by atoms with Gasteiger partial charge >= 0.3 is 0 Å². The van der Waals surface area contributed by atoms with Gasteiger partial charge in [-0.05, 0) is 12.1 Å². The van der Waals surface area contributed by atoms with Crippen LogP contribution in [-0.2, 0) is 0 Å². The molecule has 0 aliphatic carbocycles. The molecule has 1 aromatic carbocycles. The molecule has 1 unspecified atom stereocenters. The molecule has 15 heavy (non-hydrogen) atoms. The molecule has 1 N–H and O–H groups in total. The van der Waals surface area contributed by atoms with E-state index in [0.717, 1.165) is 0 Å². The Morgan fingerprint density at radius 3 is 3.00 bits per heavy atom. The molecule has 78 valence electrons. The number of nitro benzene ring substituents is 1. The second kappa shape index (κ2) is 4.83. The molecular formula is C8H9N5O2. The van der Waals surface area contributed by atoms with Crippen molar-refractivity contribution in [2.75, 3.05) is 0 Å². The lowest BCUT2D eigenvalue weighted by Gasteiger charge is -2.06. The van der Waals surface area contributed by atoms with Gasteiger partial charge in [-0.25, -0.2) is 0 Å². The van der Waals surface area contributed by atoms with Crippen LogP contribution in [0.3, 0.4) is 0 Å². The number of rotatable bonds is 4. The summed E-state index contributed by atoms with van der Waals surface area (Å²) >= 11 is 0. The predicted molar refractivity (Wildman–Crippen MR) is 53.8 cm³/mol. The van der Waals surface area contributed by atoms with Crippen LogP contribution in [0, 0.1) is 10.1 Å². The Morgan fingerprint density at radius 1 is 1.67 bits per heavy atom. The van der Waals surface area contributed by atoms with Gasteiger partial charge < -0.3 is 0 Å². The normalized spacial score (nSPS) is 11.3. The minimum Gasteiger partial charge on any atom is -0.258 e. The molecule has 0 heterocycles. The van der Waals surface area contributed by atoms with E-state index >= 15 is 0 Å². The van der Waals surface area contributed by atoms with Gasteiger partial charge in [0.25, 0.3) is 5.69 Å². The van der Waals surface area contributed by atoms with Crippen LogP contribution < -0.4 is 5.43 Å². The first-order valence-corrected chi connectivity index (χ1v) is 4.19. The lowest BCUT2D eigenvalue weighted by atomic mass is 10.1. The van der Waals surface area contributed by atoms with Crippen LogP contribution in [0.25, 0.3) is 10.4 Å². The molecule has 1 atom stereocenters. The highest BCUT2D eigenvalue weighted by molar-refractivity contribution is 5.35. The molecule has 1 rings (SSSR count). The molecule has 1 aromatic rings. The van der Waals surface area contributed by atoms with E-state index in [-0.39, 0.29) is 11.7 Å². The van der Waals surface area contributed by atoms with Crippen molar-refractivity contribution in [3.05, 3.63) is 50.4 Å². The zero-order valence-corrected chi connectivity index (χ0v) is 7.99. The lowest BCUT2D eigenvalue weighted by molar-refractivity contribution is -0.384. The number of nitrogens with zero attached hydrogens (tertiary/aromatic N) is 4. The second-order valence-electron chi connectivity index (χ2n) is 2.89. The molecule has 0 saturated heterocycles. The first kappa shape index (κ1) is 10.8. The number of nitro groups is 1. The maximum absolute atomic E-state index is 10.5. The Kier molecular flexibility index (Phi) is 3.48. The molecule has 0 bridgehead atoms. The average molecular weight is 207 g/mol. The molecule has 7 nitrogen and oxygen atoms in total. The number of non-ortho nitro benzene ring substituents is 1. The summed E-state index contributed by atoms with van der Waals surface area (Å²) in [4.78, 5) is 12.6. The summed E-state index contributed by atoms with van der Waals surface area (Å²) in [6, 6.07) is 5.88. The van der Waals surface area contributed by atoms with Gasteiger partial charge in [0.2, 0.25) is 0 Å². The SMILES string of the molecule is CC(NN=[N+]=[N-])c1cccc([N+](=O)[O-])c1. The van der Waals surface area contributed by atoms with E-state index in [1.165, 1.54) is 12.1 Å². The van der Waals surface area contributed by atoms with Gasteiger partial charge in [-0.2, -0.15) is 4.91 Å². The van der Waals surface area contributed by atoms with Gasteiger partial charge in [-0.3, -0.25) is 15.5 Å². The first-order chi connectivity index (χ1) is 7.15. The third-order valence-electron chi connectivity index (χ3n) is 1.88. The molecule has 0 aliphatic heterocycles. The number of hydrogen-bond acceptors (Lipinski definition) is 3. The second-order valence-corrected chi connectivity index (χ2v) is 2.89. The summed E-state index contributed by atoms with van der Waals surface area (Å²) in [7, 11) is 0. The number of nitrogens with one attached hydrogen (secondary N) is 1. The van der Waals surface area contributed by atoms with Crippen LogP contribution in [0.2, 0.25) is 0 Å². The Balaban J connectivity index is 2.89. The topological polar surface area (TPSA) is 104 Å². The molecule has 0 amide bonds. The maximum atomic E-state index is 10.5. The maximum Gasteiger partial charge on any atom is 0.269 e. The fourth-order valence-corrected chi connectivity index (χ4v) is 1.09. The number of benzene rings is 1. The van der Waals surface area contributed by atoms with Crippen LogP contribution in [0.1, 0.15) is 18.5 Å². The van der Waals surface area contributed by atoms with Crippen LogP contribution in [0.15, 0.2) is 29.5 Å². The highest BCUT2D eigenvalue weighted by Crippen LogP contribution is 2.18. The van der Waals surface area contributed by atoms with Crippen molar-refractivity contribution in [3.8, 4) is 0 Å². The van der Waals surface area contributed by atoms with Crippen LogP contribution in [-0.4, -0.2) is 4.92 Å². The largest absolute Gasteiger partial charge is 0.269 e. The molecule has 0 aliphatic rings. The highest BCUT2D eigenvalue weighted by atomic mass is 16.6. The quantitative estimate of drug-likeness (QED) is 0.269. The first-order valence-electron chi connectivity index (χ1n) is 4.19. The summed E-state index contributed by atoms with van der Waals surface area (Å²) in [6.45, 7) is 1.74. The lowest BCUT2D eigenvalue weighted by Crippen LogP contribution is -2.10. The van der Waals surface area contributed by atoms with Crippen molar-refractivity contribution in [1.82, 2.24) is 5.43 Å². The van der Waals surface area contributed by atoms with E-state index in [2.05, 4.69) is 15.6 Å². The summed E-state index contributed by atoms with van der Waals surface area (Å²) in [5, 5.41) is 13.7. The summed E-state index contributed by atoms with van der Waals surface area (Å²) in [6.07, 6.45) is 0. The van der Waals surface area contributed by atoms with Crippen molar-refractivity contribution in [1.29, 1.82) is 0 Å². The molecular weight excluding hydrogens is 198 g/mol. The molecule has 0 spiro atoms. The zero-order chi connectivity index (χ0) is 11.3. The smallest absolute Gasteiger partial charge is 0.258 e. The predicted octanol–water partition coefficient (Wildman–Crippen LogP) is 2.47. The van der Waals surface area contributed by atoms with Crippen molar-refractivity contribution >= 4 is 5.69 Å². The van der Waals surface area contributed by atoms with Gasteiger partial charge in [0.15, 0.2) is 0 Å². The van der Waals surface area contributed by atoms with Crippen molar-refractivity contribution in [2.45, 2.75) is 13.0 Å². The summed E-state index contributed by atoms with van der Waals surface area (Å²) in [5.74, 6) is 0. The van der Waals surface area contributed by atoms with Gasteiger partial charge in [-0.1, -0.05) is 12.1 Å². The Labute approximate surface area is 85.5 Å². The van der Waals surface area contributed by atoms with Crippen molar-refractivity contribution in [2.24, 2.45) is 5.22 Å². The molecule has 7 heteroatoms. The van der Waals surface area contributed by atoms with Gasteiger partial charge in [0, 0.05) is 17.7 Å². The summed E-state index contributed by atoms with van der Waals surface area (Å²) < 4.78 is 0. The fraction of sp³-hybridized carbons (Fsp3) is 0.250. The summed E-state index contributed by atoms with van der Waals surface area (Å²) in [5.41, 5.74) is 11.3. The van der Waals surface area contributed by atoms with E-state index < -0.39 is 4.92 Å². The van der Waals surface area contributed by atoms with E-state index in [4.69, 9.17) is 5.53 Å². The monoisotopic (exact) mass is 207 g/mol. The molecule has 0 radical (unpaired) electrons. The van der Waals surface area contributed by atoms with E-state index in [9.17, 15) is 10.1 Å². The number of hydrogen-bond donors (Lipinski definition) is 1. The van der Waals surface area contributed by atoms with Crippen molar-refractivity contribution in [3.63, 3.8) is 0 Å². The van der Waals surface area contributed by atoms with E-state index in [0.29, 0.717) is 5.56 Å². The fourth-order valence-electron chi connectivity index (χ4n) is 1.09. The van der Waals surface area contributed by atoms with E-state index in [1.807, 2.05) is 0 Å². The molecule has 0 aromatic heterocycles. The van der Waals surface area contributed by atoms with Gasteiger partial charge in [0.05, 0.1) is 4.92 Å². The van der Waals surface area contributed by atoms with Crippen LogP contribution >= 0.6 is 0 Å². The van der Waals surface area contributed by atoms with Gasteiger partial charge in [-0.15, -0.1) is 5.53 Å². The van der Waals surface area contributed by atoms with E-state index in [1.54, 1.807) is 19.1 Å². The Bertz CT molecular complexity index is 413. The zero-order valence-electron chi connectivity index (χ0n) is 7.99. The van der Waals surface area contributed by atoms with Crippen molar-refractivity contribution < 1.29 is 4.92 Å². The minimum absolute atomic E-state index is 0.0158. The minimum atomic E-state index is -0.468.